The molecule has 2 aliphatic heterocycles. The van der Waals surface area contributed by atoms with Gasteiger partial charge in [-0.05, 0) is 44.7 Å². The lowest BCUT2D eigenvalue weighted by molar-refractivity contribution is -0.155. The zero-order chi connectivity index (χ0) is 17.6. The highest BCUT2D eigenvalue weighted by Gasteiger charge is 2.67. The summed E-state index contributed by atoms with van der Waals surface area (Å²) in [4.78, 5) is 40.5. The normalized spacial score (nSPS) is 32.3. The van der Waals surface area contributed by atoms with E-state index in [4.69, 9.17) is 4.74 Å². The molecule has 4 atom stereocenters. The van der Waals surface area contributed by atoms with Crippen molar-refractivity contribution in [2.75, 3.05) is 13.2 Å². The number of amides is 2. The van der Waals surface area contributed by atoms with Gasteiger partial charge in [-0.1, -0.05) is 0 Å². The molecular formula is C17H22N2O4S. The number of hydrogen-bond acceptors (Lipinski definition) is 6. The summed E-state index contributed by atoms with van der Waals surface area (Å²) in [5.41, 5.74) is -0.141. The average molecular weight is 350 g/mol. The monoisotopic (exact) mass is 350 g/mol. The Morgan fingerprint density at radius 1 is 1.38 bits per heavy atom. The largest absolute Gasteiger partial charge is 0.465 e. The van der Waals surface area contributed by atoms with E-state index in [1.165, 1.54) is 16.2 Å². The quantitative estimate of drug-likeness (QED) is 0.660. The van der Waals surface area contributed by atoms with E-state index in [-0.39, 0.29) is 24.5 Å². The first-order chi connectivity index (χ1) is 11.4. The van der Waals surface area contributed by atoms with Crippen molar-refractivity contribution >= 4 is 29.1 Å². The van der Waals surface area contributed by atoms with Crippen molar-refractivity contribution in [3.8, 4) is 0 Å². The maximum atomic E-state index is 12.8. The van der Waals surface area contributed by atoms with Crippen LogP contribution in [0.3, 0.4) is 0 Å². The SMILES string of the molecule is CCOC(=O)[C@]1(C)N[C@H](c2sccc2C)[C@H]2C(=O)N(CC)C(=O)[C@@H]21. The van der Waals surface area contributed by atoms with Crippen molar-refractivity contribution in [3.63, 3.8) is 0 Å². The Morgan fingerprint density at radius 3 is 2.62 bits per heavy atom. The van der Waals surface area contributed by atoms with E-state index >= 15 is 0 Å². The Morgan fingerprint density at radius 2 is 2.08 bits per heavy atom. The molecule has 130 valence electrons. The number of nitrogens with zero attached hydrogens (tertiary/aromatic N) is 1. The first-order valence-corrected chi connectivity index (χ1v) is 9.08. The molecule has 0 bridgehead atoms. The van der Waals surface area contributed by atoms with Crippen molar-refractivity contribution in [3.05, 3.63) is 21.9 Å². The molecule has 2 aliphatic rings. The van der Waals surface area contributed by atoms with E-state index in [1.54, 1.807) is 20.8 Å². The molecule has 6 nitrogen and oxygen atoms in total. The van der Waals surface area contributed by atoms with Gasteiger partial charge >= 0.3 is 5.97 Å². The molecule has 3 rings (SSSR count). The first-order valence-electron chi connectivity index (χ1n) is 8.20. The molecule has 0 unspecified atom stereocenters. The highest BCUT2D eigenvalue weighted by atomic mass is 32.1. The van der Waals surface area contributed by atoms with Gasteiger partial charge in [-0.3, -0.25) is 24.6 Å². The van der Waals surface area contributed by atoms with E-state index in [2.05, 4.69) is 5.32 Å². The summed E-state index contributed by atoms with van der Waals surface area (Å²) >= 11 is 1.54. The molecule has 1 N–H and O–H groups in total. The van der Waals surface area contributed by atoms with Crippen LogP contribution >= 0.6 is 11.3 Å². The minimum absolute atomic E-state index is 0.203. The van der Waals surface area contributed by atoms with Crippen LogP contribution in [0.4, 0.5) is 0 Å². The molecule has 0 radical (unpaired) electrons. The molecule has 7 heteroatoms. The fourth-order valence-corrected chi connectivity index (χ4v) is 4.93. The standard InChI is InChI=1S/C17H22N2O4S/c1-5-19-14(20)10-11(15(19)21)17(4,16(22)23-6-2)18-12(10)13-9(3)7-8-24-13/h7-8,10-12,18H,5-6H2,1-4H3/t10-,11+,12-,17+/m0/s1. The summed E-state index contributed by atoms with van der Waals surface area (Å²) in [7, 11) is 0. The summed E-state index contributed by atoms with van der Waals surface area (Å²) in [6.45, 7) is 7.71. The summed E-state index contributed by atoms with van der Waals surface area (Å²) in [6, 6.07) is 1.63. The number of imide groups is 1. The third-order valence-corrected chi connectivity index (χ3v) is 6.18. The van der Waals surface area contributed by atoms with Gasteiger partial charge in [-0.2, -0.15) is 0 Å². The fourth-order valence-electron chi connectivity index (χ4n) is 3.91. The van der Waals surface area contributed by atoms with Gasteiger partial charge in [0.25, 0.3) is 0 Å². The third-order valence-electron chi connectivity index (χ3n) is 5.08. The third kappa shape index (κ3) is 2.22. The number of carbonyl (C=O) groups excluding carboxylic acids is 3. The van der Waals surface area contributed by atoms with Crippen molar-refractivity contribution in [1.29, 1.82) is 0 Å². The number of thiophene rings is 1. The predicted octanol–water partition coefficient (Wildman–Crippen LogP) is 1.64. The number of esters is 1. The summed E-state index contributed by atoms with van der Waals surface area (Å²) in [5, 5.41) is 5.23. The van der Waals surface area contributed by atoms with Gasteiger partial charge in [0.2, 0.25) is 11.8 Å². The van der Waals surface area contributed by atoms with Crippen LogP contribution in [0.1, 0.15) is 37.3 Å². The van der Waals surface area contributed by atoms with Crippen LogP contribution in [0.15, 0.2) is 11.4 Å². The Hall–Kier alpha value is -1.73. The van der Waals surface area contributed by atoms with Crippen molar-refractivity contribution in [2.45, 2.75) is 39.3 Å². The first kappa shape index (κ1) is 17.1. The Kier molecular flexibility index (Phi) is 4.25. The number of carbonyl (C=O) groups is 3. The van der Waals surface area contributed by atoms with E-state index < -0.39 is 23.3 Å². The molecule has 0 aromatic carbocycles. The highest BCUT2D eigenvalue weighted by molar-refractivity contribution is 7.10. The van der Waals surface area contributed by atoms with Crippen molar-refractivity contribution in [1.82, 2.24) is 10.2 Å². The zero-order valence-corrected chi connectivity index (χ0v) is 15.1. The van der Waals surface area contributed by atoms with E-state index in [1.807, 2.05) is 18.4 Å². The van der Waals surface area contributed by atoms with Gasteiger partial charge in [0.15, 0.2) is 0 Å². The minimum atomic E-state index is -1.20. The second-order valence-corrected chi connectivity index (χ2v) is 7.38. The molecule has 1 aromatic rings. The second kappa shape index (κ2) is 5.97. The average Bonchev–Trinajstić information content (AvgIpc) is 3.16. The zero-order valence-electron chi connectivity index (χ0n) is 14.3. The smallest absolute Gasteiger partial charge is 0.326 e. The van der Waals surface area contributed by atoms with Gasteiger partial charge in [0.05, 0.1) is 24.5 Å². The lowest BCUT2D eigenvalue weighted by atomic mass is 9.81. The van der Waals surface area contributed by atoms with Gasteiger partial charge in [0, 0.05) is 11.4 Å². The molecule has 2 amide bonds. The Labute approximate surface area is 145 Å². The van der Waals surface area contributed by atoms with Crippen LogP contribution < -0.4 is 5.32 Å². The number of hydrogen-bond donors (Lipinski definition) is 1. The molecule has 3 heterocycles. The van der Waals surface area contributed by atoms with Crippen LogP contribution in [0.25, 0.3) is 0 Å². The predicted molar refractivity (Wildman–Crippen MR) is 89.3 cm³/mol. The van der Waals surface area contributed by atoms with Gasteiger partial charge in [0.1, 0.15) is 5.54 Å². The topological polar surface area (TPSA) is 75.7 Å². The number of fused-ring (bicyclic) bond motifs is 1. The minimum Gasteiger partial charge on any atom is -0.465 e. The molecular weight excluding hydrogens is 328 g/mol. The highest BCUT2D eigenvalue weighted by Crippen LogP contribution is 2.50. The summed E-state index contributed by atoms with van der Waals surface area (Å²) < 4.78 is 5.21. The van der Waals surface area contributed by atoms with Crippen LogP contribution in [-0.2, 0) is 19.1 Å². The summed E-state index contributed by atoms with van der Waals surface area (Å²) in [5.74, 6) is -2.26. The maximum Gasteiger partial charge on any atom is 0.326 e. The second-order valence-electron chi connectivity index (χ2n) is 6.44. The number of nitrogens with one attached hydrogen (secondary N) is 1. The van der Waals surface area contributed by atoms with Crippen LogP contribution in [0.5, 0.6) is 0 Å². The van der Waals surface area contributed by atoms with Crippen LogP contribution in [0.2, 0.25) is 0 Å². The molecule has 0 saturated carbocycles. The maximum absolute atomic E-state index is 12.8. The molecule has 2 saturated heterocycles. The van der Waals surface area contributed by atoms with E-state index in [0.29, 0.717) is 6.54 Å². The Bertz CT molecular complexity index is 701. The Balaban J connectivity index is 2.09. The molecule has 2 fully saturated rings. The van der Waals surface area contributed by atoms with Crippen molar-refractivity contribution in [2.24, 2.45) is 11.8 Å². The molecule has 0 aliphatic carbocycles. The lowest BCUT2D eigenvalue weighted by Crippen LogP contribution is -2.54. The fraction of sp³-hybridized carbons (Fsp3) is 0.588. The molecule has 0 spiro atoms. The number of rotatable bonds is 4. The summed E-state index contributed by atoms with van der Waals surface area (Å²) in [6.07, 6.45) is 0. The van der Waals surface area contributed by atoms with E-state index in [0.717, 1.165) is 10.4 Å². The molecule has 24 heavy (non-hydrogen) atoms. The van der Waals surface area contributed by atoms with Gasteiger partial charge in [-0.15, -0.1) is 11.3 Å². The van der Waals surface area contributed by atoms with Gasteiger partial charge in [-0.25, -0.2) is 0 Å². The van der Waals surface area contributed by atoms with Crippen LogP contribution in [0, 0.1) is 18.8 Å². The lowest BCUT2D eigenvalue weighted by Gasteiger charge is -2.28. The van der Waals surface area contributed by atoms with E-state index in [9.17, 15) is 14.4 Å². The van der Waals surface area contributed by atoms with Crippen LogP contribution in [-0.4, -0.2) is 41.4 Å². The molecule has 1 aromatic heterocycles. The van der Waals surface area contributed by atoms with Crippen molar-refractivity contribution < 1.29 is 19.1 Å². The van der Waals surface area contributed by atoms with Gasteiger partial charge < -0.3 is 4.74 Å². The number of likely N-dealkylation sites (tertiary alicyclic amines) is 1. The number of ether oxygens (including phenoxy) is 1. The number of aryl methyl sites for hydroxylation is 1.